The number of carbonyl (C=O) groups excluding carboxylic acids is 1. The standard InChI is InChI=1S/C4H8O2.ClH.Fe/c1-3-6-4(2)5;;/h3H2,1-2H3;1H;. The van der Waals surface area contributed by atoms with Crippen molar-refractivity contribution < 1.29 is 26.6 Å². The van der Waals surface area contributed by atoms with Gasteiger partial charge in [-0.1, -0.05) is 0 Å². The molecule has 0 fully saturated rings. The molecule has 0 radical (unpaired) electrons. The van der Waals surface area contributed by atoms with Gasteiger partial charge in [0.1, 0.15) is 0 Å². The normalized spacial score (nSPS) is 5.75. The van der Waals surface area contributed by atoms with Crippen molar-refractivity contribution in [1.29, 1.82) is 0 Å². The molecule has 0 N–H and O–H groups in total. The number of esters is 1. The van der Waals surface area contributed by atoms with Crippen LogP contribution in [0.4, 0.5) is 0 Å². The molecule has 0 aromatic rings. The Bertz CT molecular complexity index is 58.0. The van der Waals surface area contributed by atoms with Crippen LogP contribution in [0.25, 0.3) is 0 Å². The molecule has 0 aromatic carbocycles. The van der Waals surface area contributed by atoms with E-state index in [0.717, 1.165) is 0 Å². The van der Waals surface area contributed by atoms with Gasteiger partial charge in [0.25, 0.3) is 0 Å². The topological polar surface area (TPSA) is 26.3 Å². The van der Waals surface area contributed by atoms with Crippen LogP contribution in [0.2, 0.25) is 0 Å². The molecule has 0 spiro atoms. The van der Waals surface area contributed by atoms with Crippen LogP contribution < -0.4 is 0 Å². The molecule has 0 aromatic heterocycles. The van der Waals surface area contributed by atoms with Crippen LogP contribution in [-0.4, -0.2) is 12.6 Å². The fourth-order valence-electron chi connectivity index (χ4n) is 0.203. The van der Waals surface area contributed by atoms with E-state index >= 15 is 0 Å². The number of hydrogen-bond acceptors (Lipinski definition) is 2. The Morgan fingerprint density at radius 3 is 2.00 bits per heavy atom. The average molecular weight is 180 g/mol. The van der Waals surface area contributed by atoms with Crippen LogP contribution in [-0.2, 0) is 26.6 Å². The fourth-order valence-corrected chi connectivity index (χ4v) is 0.203. The Hall–Kier alpha value is 0.279. The molecule has 0 saturated heterocycles. The largest absolute Gasteiger partial charge is 0.466 e. The van der Waals surface area contributed by atoms with E-state index in [1.807, 2.05) is 0 Å². The molecular formula is C4H9ClFeO2. The van der Waals surface area contributed by atoms with E-state index in [0.29, 0.717) is 6.61 Å². The van der Waals surface area contributed by atoms with Crippen molar-refractivity contribution in [2.24, 2.45) is 0 Å². The zero-order chi connectivity index (χ0) is 4.99. The number of hydrogen-bond donors (Lipinski definition) is 0. The molecule has 4 heteroatoms. The Kier molecular flexibility index (Phi) is 20.3. The SMILES string of the molecule is CCOC(C)=O.Cl.[Fe]. The number of carbonyl (C=O) groups is 1. The third-order valence-electron chi connectivity index (χ3n) is 0.348. The van der Waals surface area contributed by atoms with Crippen molar-refractivity contribution >= 4 is 18.4 Å². The molecule has 0 bridgehead atoms. The predicted molar refractivity (Wildman–Crippen MR) is 29.6 cm³/mol. The fraction of sp³-hybridized carbons (Fsp3) is 0.750. The van der Waals surface area contributed by atoms with Gasteiger partial charge in [0.15, 0.2) is 0 Å². The Labute approximate surface area is 65.9 Å². The summed E-state index contributed by atoms with van der Waals surface area (Å²) in [5, 5.41) is 0. The molecule has 0 rings (SSSR count). The summed E-state index contributed by atoms with van der Waals surface area (Å²) in [5.41, 5.74) is 0. The molecule has 0 saturated carbocycles. The maximum atomic E-state index is 9.82. The second-order valence-corrected chi connectivity index (χ2v) is 0.925. The smallest absolute Gasteiger partial charge is 0.302 e. The first-order valence-electron chi connectivity index (χ1n) is 1.90. The van der Waals surface area contributed by atoms with Crippen molar-refractivity contribution in [3.05, 3.63) is 0 Å². The van der Waals surface area contributed by atoms with E-state index in [9.17, 15) is 4.79 Å². The maximum absolute atomic E-state index is 9.82. The van der Waals surface area contributed by atoms with Gasteiger partial charge in [-0.15, -0.1) is 12.4 Å². The molecule has 52 valence electrons. The van der Waals surface area contributed by atoms with E-state index in [-0.39, 0.29) is 35.4 Å². The van der Waals surface area contributed by atoms with Gasteiger partial charge in [0.2, 0.25) is 0 Å². The molecular weight excluding hydrogens is 171 g/mol. The molecule has 8 heavy (non-hydrogen) atoms. The summed E-state index contributed by atoms with van der Waals surface area (Å²) in [5.74, 6) is -0.211. The molecule has 0 amide bonds. The molecule has 2 nitrogen and oxygen atoms in total. The summed E-state index contributed by atoms with van der Waals surface area (Å²) in [7, 11) is 0. The summed E-state index contributed by atoms with van der Waals surface area (Å²) in [4.78, 5) is 9.82. The average Bonchev–Trinajstić information content (AvgIpc) is 1.35. The molecule has 0 aliphatic carbocycles. The molecule has 0 heterocycles. The van der Waals surface area contributed by atoms with E-state index < -0.39 is 0 Å². The zero-order valence-corrected chi connectivity index (χ0v) is 6.71. The zero-order valence-electron chi connectivity index (χ0n) is 4.79. The van der Waals surface area contributed by atoms with Gasteiger partial charge in [0.05, 0.1) is 6.61 Å². The van der Waals surface area contributed by atoms with Crippen LogP contribution in [0.1, 0.15) is 13.8 Å². The van der Waals surface area contributed by atoms with Gasteiger partial charge >= 0.3 is 5.97 Å². The number of ether oxygens (including phenoxy) is 1. The minimum atomic E-state index is -0.211. The predicted octanol–water partition coefficient (Wildman–Crippen LogP) is 0.989. The van der Waals surface area contributed by atoms with Gasteiger partial charge in [-0.3, -0.25) is 4.79 Å². The Morgan fingerprint density at radius 1 is 1.62 bits per heavy atom. The van der Waals surface area contributed by atoms with Gasteiger partial charge < -0.3 is 4.74 Å². The van der Waals surface area contributed by atoms with E-state index in [1.165, 1.54) is 6.92 Å². The van der Waals surface area contributed by atoms with Gasteiger partial charge in [0, 0.05) is 24.0 Å². The molecule has 0 aliphatic rings. The summed E-state index contributed by atoms with van der Waals surface area (Å²) in [6.45, 7) is 3.65. The number of halogens is 1. The first-order valence-corrected chi connectivity index (χ1v) is 1.90. The van der Waals surface area contributed by atoms with Crippen LogP contribution in [0, 0.1) is 0 Å². The monoisotopic (exact) mass is 180 g/mol. The Morgan fingerprint density at radius 2 is 2.00 bits per heavy atom. The first kappa shape index (κ1) is 15.7. The van der Waals surface area contributed by atoms with Crippen molar-refractivity contribution in [3.8, 4) is 0 Å². The minimum absolute atomic E-state index is 0. The van der Waals surface area contributed by atoms with Gasteiger partial charge in [-0.25, -0.2) is 0 Å². The van der Waals surface area contributed by atoms with Gasteiger partial charge in [-0.05, 0) is 6.92 Å². The van der Waals surface area contributed by atoms with E-state index in [1.54, 1.807) is 6.92 Å². The summed E-state index contributed by atoms with van der Waals surface area (Å²) < 4.78 is 4.40. The third kappa shape index (κ3) is 16.3. The number of rotatable bonds is 1. The quantitative estimate of drug-likeness (QED) is 0.444. The first-order chi connectivity index (χ1) is 2.77. The van der Waals surface area contributed by atoms with Crippen LogP contribution in [0.5, 0.6) is 0 Å². The molecule has 0 aliphatic heterocycles. The minimum Gasteiger partial charge on any atom is -0.466 e. The second-order valence-electron chi connectivity index (χ2n) is 0.925. The second kappa shape index (κ2) is 10.3. The van der Waals surface area contributed by atoms with Crippen molar-refractivity contribution in [2.45, 2.75) is 13.8 Å². The van der Waals surface area contributed by atoms with Gasteiger partial charge in [-0.2, -0.15) is 0 Å². The molecule has 0 unspecified atom stereocenters. The van der Waals surface area contributed by atoms with Crippen molar-refractivity contribution in [1.82, 2.24) is 0 Å². The summed E-state index contributed by atoms with van der Waals surface area (Å²) >= 11 is 0. The van der Waals surface area contributed by atoms with Crippen molar-refractivity contribution in [2.75, 3.05) is 6.61 Å². The third-order valence-corrected chi connectivity index (χ3v) is 0.348. The maximum Gasteiger partial charge on any atom is 0.302 e. The summed E-state index contributed by atoms with van der Waals surface area (Å²) in [6, 6.07) is 0. The van der Waals surface area contributed by atoms with Crippen molar-refractivity contribution in [3.63, 3.8) is 0 Å². The van der Waals surface area contributed by atoms with Crippen LogP contribution in [0.15, 0.2) is 0 Å². The summed E-state index contributed by atoms with van der Waals surface area (Å²) in [6.07, 6.45) is 0. The van der Waals surface area contributed by atoms with E-state index in [4.69, 9.17) is 0 Å². The molecule has 0 atom stereocenters. The van der Waals surface area contributed by atoms with Crippen LogP contribution in [0.3, 0.4) is 0 Å². The van der Waals surface area contributed by atoms with Crippen LogP contribution >= 0.6 is 12.4 Å². The Balaban J connectivity index is -0.000000125. The van der Waals surface area contributed by atoms with E-state index in [2.05, 4.69) is 4.74 Å².